The monoisotopic (exact) mass is 841 g/mol. The molecule has 0 amide bonds. The first-order valence-electron chi connectivity index (χ1n) is 23.7. The van der Waals surface area contributed by atoms with Crippen LogP contribution in [-0.2, 0) is 28.6 Å². The summed E-state index contributed by atoms with van der Waals surface area (Å²) in [5.74, 6) is -1.21. The molecule has 1 unspecified atom stereocenters. The highest BCUT2D eigenvalue weighted by Crippen LogP contribution is 2.08. The minimum atomic E-state index is -0.867. The third-order valence-electron chi connectivity index (χ3n) is 9.14. The van der Waals surface area contributed by atoms with Crippen molar-refractivity contribution in [1.29, 1.82) is 0 Å². The Morgan fingerprint density at radius 3 is 1.08 bits per heavy atom. The van der Waals surface area contributed by atoms with E-state index in [1.807, 2.05) is 6.08 Å². The smallest absolute Gasteiger partial charge is 0.309 e. The SMILES string of the molecule is CC/C=C\C/C=C\C/C=C\CC(=O)OCC(COC(=O)CCC/C=C\C/C=C\C/C=C\C/C=C\CCCCC)OC(=O)CCC/C=C\C/C=C\C/C=C\C/C=C\CCCCC. The number of rotatable bonds is 40. The Morgan fingerprint density at radius 1 is 0.361 bits per heavy atom. The fourth-order valence-corrected chi connectivity index (χ4v) is 5.60. The first kappa shape index (κ1) is 56.5. The molecule has 1 atom stereocenters. The lowest BCUT2D eigenvalue weighted by atomic mass is 10.2. The molecule has 0 saturated heterocycles. The zero-order chi connectivity index (χ0) is 44.4. The van der Waals surface area contributed by atoms with E-state index < -0.39 is 18.0 Å². The average molecular weight is 841 g/mol. The van der Waals surface area contributed by atoms with Crippen LogP contribution in [-0.4, -0.2) is 37.2 Å². The highest BCUT2D eigenvalue weighted by Gasteiger charge is 2.19. The van der Waals surface area contributed by atoms with Gasteiger partial charge in [0, 0.05) is 12.8 Å². The molecule has 0 heterocycles. The van der Waals surface area contributed by atoms with Crippen molar-refractivity contribution in [2.45, 2.75) is 181 Å². The Morgan fingerprint density at radius 2 is 0.689 bits per heavy atom. The fourth-order valence-electron chi connectivity index (χ4n) is 5.60. The van der Waals surface area contributed by atoms with Gasteiger partial charge in [-0.25, -0.2) is 0 Å². The number of allylic oxidation sites excluding steroid dienone is 21. The molecule has 0 saturated carbocycles. The van der Waals surface area contributed by atoms with Gasteiger partial charge in [0.2, 0.25) is 0 Å². The molecule has 0 radical (unpaired) electrons. The Kier molecular flexibility index (Phi) is 44.7. The standard InChI is InChI=1S/C55H84O6/c1-4-7-10-13-16-19-21-23-25-27-29-31-33-36-39-42-45-48-54(57)60-51-52(50-59-53(56)47-44-41-38-35-18-15-12-9-6-3)61-55(58)49-46-43-40-37-34-32-30-28-26-24-22-20-17-14-11-8-5-2/h9,12,16-20,23-26,29-32,35-37,39-41,44,52H,4-8,10-11,13-15,21-22,27-28,33-34,38,42-43,45-51H2,1-3H3/b12-9-,19-16-,20-17-,25-23-,26-24-,31-29-,32-30-,35-18-,39-36-,40-37-,44-41-. The van der Waals surface area contributed by atoms with Crippen LogP contribution in [0.25, 0.3) is 0 Å². The number of unbranched alkanes of at least 4 members (excludes halogenated alkanes) is 8. The summed E-state index contributed by atoms with van der Waals surface area (Å²) in [7, 11) is 0. The number of hydrogen-bond acceptors (Lipinski definition) is 6. The largest absolute Gasteiger partial charge is 0.462 e. The van der Waals surface area contributed by atoms with Gasteiger partial charge >= 0.3 is 17.9 Å². The topological polar surface area (TPSA) is 78.9 Å². The summed E-state index contributed by atoms with van der Waals surface area (Å²) < 4.78 is 16.5. The number of carbonyl (C=O) groups is 3. The highest BCUT2D eigenvalue weighted by atomic mass is 16.6. The van der Waals surface area contributed by atoms with Crippen molar-refractivity contribution in [2.75, 3.05) is 13.2 Å². The van der Waals surface area contributed by atoms with Gasteiger partial charge in [0.25, 0.3) is 0 Å². The Balaban J connectivity index is 4.62. The Hall–Kier alpha value is -4.45. The molecule has 0 spiro atoms. The lowest BCUT2D eigenvalue weighted by Gasteiger charge is -2.18. The summed E-state index contributed by atoms with van der Waals surface area (Å²) in [5.41, 5.74) is 0. The number of ether oxygens (including phenoxy) is 3. The summed E-state index contributed by atoms with van der Waals surface area (Å²) in [6, 6.07) is 0. The molecule has 0 aliphatic rings. The van der Waals surface area contributed by atoms with Crippen molar-refractivity contribution in [3.8, 4) is 0 Å². The molecule has 0 aromatic heterocycles. The second kappa shape index (κ2) is 48.2. The maximum absolute atomic E-state index is 12.7. The molecule has 0 rings (SSSR count). The van der Waals surface area contributed by atoms with Gasteiger partial charge in [0.15, 0.2) is 6.10 Å². The van der Waals surface area contributed by atoms with Crippen molar-refractivity contribution in [2.24, 2.45) is 0 Å². The predicted molar refractivity (Wildman–Crippen MR) is 260 cm³/mol. The van der Waals surface area contributed by atoms with E-state index in [9.17, 15) is 14.4 Å². The maximum Gasteiger partial charge on any atom is 0.309 e. The van der Waals surface area contributed by atoms with Gasteiger partial charge in [0.1, 0.15) is 13.2 Å². The van der Waals surface area contributed by atoms with Crippen LogP contribution in [0.2, 0.25) is 0 Å². The quantitative estimate of drug-likeness (QED) is 0.0265. The molecule has 0 aromatic rings. The predicted octanol–water partition coefficient (Wildman–Crippen LogP) is 15.5. The zero-order valence-electron chi connectivity index (χ0n) is 38.6. The Labute approximate surface area is 373 Å². The first-order valence-corrected chi connectivity index (χ1v) is 23.7. The van der Waals surface area contributed by atoms with Crippen LogP contribution in [0.1, 0.15) is 175 Å². The minimum absolute atomic E-state index is 0.108. The van der Waals surface area contributed by atoms with Gasteiger partial charge < -0.3 is 14.2 Å². The molecule has 0 aliphatic heterocycles. The van der Waals surface area contributed by atoms with Crippen LogP contribution >= 0.6 is 0 Å². The molecule has 61 heavy (non-hydrogen) atoms. The Bertz CT molecular complexity index is 1380. The highest BCUT2D eigenvalue weighted by molar-refractivity contribution is 5.72. The fraction of sp³-hybridized carbons (Fsp3) is 0.545. The lowest BCUT2D eigenvalue weighted by molar-refractivity contribution is -0.166. The van der Waals surface area contributed by atoms with E-state index >= 15 is 0 Å². The molecule has 6 nitrogen and oxygen atoms in total. The summed E-state index contributed by atoms with van der Waals surface area (Å²) in [5, 5.41) is 0. The third-order valence-corrected chi connectivity index (χ3v) is 9.14. The molecule has 340 valence electrons. The molecular weight excluding hydrogens is 757 g/mol. The van der Waals surface area contributed by atoms with Gasteiger partial charge in [-0.3, -0.25) is 14.4 Å². The van der Waals surface area contributed by atoms with Crippen LogP contribution in [0.3, 0.4) is 0 Å². The van der Waals surface area contributed by atoms with E-state index in [4.69, 9.17) is 14.2 Å². The van der Waals surface area contributed by atoms with E-state index in [1.165, 1.54) is 51.4 Å². The first-order chi connectivity index (χ1) is 30.0. The van der Waals surface area contributed by atoms with Crippen LogP contribution in [0.15, 0.2) is 134 Å². The molecule has 0 aromatic carbocycles. The van der Waals surface area contributed by atoms with Gasteiger partial charge in [0.05, 0.1) is 6.42 Å². The molecule has 0 aliphatic carbocycles. The van der Waals surface area contributed by atoms with Crippen LogP contribution < -0.4 is 0 Å². The second-order valence-electron chi connectivity index (χ2n) is 14.9. The average Bonchev–Trinajstić information content (AvgIpc) is 3.26. The molecular formula is C55H84O6. The molecule has 0 N–H and O–H groups in total. The normalized spacial score (nSPS) is 13.3. The summed E-state index contributed by atoms with van der Waals surface area (Å²) >= 11 is 0. The van der Waals surface area contributed by atoms with E-state index in [1.54, 1.807) is 6.08 Å². The van der Waals surface area contributed by atoms with Gasteiger partial charge in [-0.05, 0) is 109 Å². The molecule has 6 heteroatoms. The van der Waals surface area contributed by atoms with Gasteiger partial charge in [-0.2, -0.15) is 0 Å². The van der Waals surface area contributed by atoms with Crippen molar-refractivity contribution < 1.29 is 28.6 Å². The minimum Gasteiger partial charge on any atom is -0.462 e. The summed E-state index contributed by atoms with van der Waals surface area (Å²) in [6.45, 7) is 6.23. The van der Waals surface area contributed by atoms with E-state index in [-0.39, 0.29) is 38.4 Å². The number of esters is 3. The lowest BCUT2D eigenvalue weighted by Crippen LogP contribution is -2.30. The number of carbonyl (C=O) groups excluding carboxylic acids is 3. The van der Waals surface area contributed by atoms with Crippen molar-refractivity contribution in [1.82, 2.24) is 0 Å². The van der Waals surface area contributed by atoms with Crippen molar-refractivity contribution in [3.05, 3.63) is 134 Å². The van der Waals surface area contributed by atoms with Gasteiger partial charge in [-0.1, -0.05) is 180 Å². The van der Waals surface area contributed by atoms with Gasteiger partial charge in [-0.15, -0.1) is 0 Å². The van der Waals surface area contributed by atoms with Crippen LogP contribution in [0.5, 0.6) is 0 Å². The van der Waals surface area contributed by atoms with Crippen molar-refractivity contribution in [3.63, 3.8) is 0 Å². The maximum atomic E-state index is 12.7. The molecule has 0 fully saturated rings. The number of hydrogen-bond donors (Lipinski definition) is 0. The van der Waals surface area contributed by atoms with E-state index in [2.05, 4.69) is 142 Å². The van der Waals surface area contributed by atoms with Crippen LogP contribution in [0, 0.1) is 0 Å². The summed E-state index contributed by atoms with van der Waals surface area (Å²) in [4.78, 5) is 37.7. The second-order valence-corrected chi connectivity index (χ2v) is 14.9. The van der Waals surface area contributed by atoms with E-state index in [0.717, 1.165) is 70.6 Å². The zero-order valence-corrected chi connectivity index (χ0v) is 38.6. The van der Waals surface area contributed by atoms with Crippen LogP contribution in [0.4, 0.5) is 0 Å². The van der Waals surface area contributed by atoms with Crippen molar-refractivity contribution >= 4 is 17.9 Å². The third kappa shape index (κ3) is 46.5. The molecule has 0 bridgehead atoms. The summed E-state index contributed by atoms with van der Waals surface area (Å²) in [6.07, 6.45) is 67.7. The van der Waals surface area contributed by atoms with E-state index in [0.29, 0.717) is 12.8 Å².